The van der Waals surface area contributed by atoms with Crippen LogP contribution >= 0.6 is 0 Å². The van der Waals surface area contributed by atoms with Gasteiger partial charge in [0, 0.05) is 44.1 Å². The second-order valence-corrected chi connectivity index (χ2v) is 8.69. The maximum absolute atomic E-state index is 12.7. The van der Waals surface area contributed by atoms with Gasteiger partial charge in [-0.1, -0.05) is 26.0 Å². The molecular weight excluding hydrogens is 392 g/mol. The van der Waals surface area contributed by atoms with Gasteiger partial charge < -0.3 is 16.0 Å². The van der Waals surface area contributed by atoms with E-state index in [4.69, 9.17) is 5.73 Å². The fourth-order valence-corrected chi connectivity index (χ4v) is 3.93. The molecule has 0 atom stereocenters. The summed E-state index contributed by atoms with van der Waals surface area (Å²) in [5.41, 5.74) is 9.82. The molecule has 8 heteroatoms. The van der Waals surface area contributed by atoms with Crippen LogP contribution in [-0.4, -0.2) is 45.6 Å². The Kier molecular flexibility index (Phi) is 5.73. The number of nitrogens with zero attached hydrogens (tertiary/aromatic N) is 4. The minimum Gasteiger partial charge on any atom is -0.330 e. The molecule has 8 nitrogen and oxygen atoms in total. The molecule has 1 aromatic carbocycles. The topological polar surface area (TPSA) is 104 Å². The summed E-state index contributed by atoms with van der Waals surface area (Å²) in [6.45, 7) is 6.06. The third kappa shape index (κ3) is 4.44. The number of rotatable bonds is 5. The van der Waals surface area contributed by atoms with Gasteiger partial charge in [-0.3, -0.25) is 9.78 Å². The SMILES string of the molecule is CC1(C)CC(c2ccc(NC(=O)N3Cc4ccncc4C3)cc2)=NN(CCCN)C1=O. The molecule has 3 amide bonds. The van der Waals surface area contributed by atoms with Crippen molar-refractivity contribution in [1.82, 2.24) is 14.9 Å². The Balaban J connectivity index is 1.44. The number of urea groups is 1. The summed E-state index contributed by atoms with van der Waals surface area (Å²) in [7, 11) is 0. The highest BCUT2D eigenvalue weighted by Gasteiger charge is 2.37. The van der Waals surface area contributed by atoms with Crippen LogP contribution in [0, 0.1) is 5.41 Å². The summed E-state index contributed by atoms with van der Waals surface area (Å²) < 4.78 is 0. The van der Waals surface area contributed by atoms with Crippen LogP contribution in [-0.2, 0) is 17.9 Å². The third-order valence-corrected chi connectivity index (χ3v) is 5.72. The first-order chi connectivity index (χ1) is 14.9. The highest BCUT2D eigenvalue weighted by Crippen LogP contribution is 2.31. The van der Waals surface area contributed by atoms with Gasteiger partial charge in [0.2, 0.25) is 5.91 Å². The third-order valence-electron chi connectivity index (χ3n) is 5.72. The normalized spacial score (nSPS) is 17.4. The number of amides is 3. The molecule has 0 radical (unpaired) electrons. The van der Waals surface area contributed by atoms with E-state index in [1.165, 1.54) is 0 Å². The van der Waals surface area contributed by atoms with Crippen molar-refractivity contribution in [2.45, 2.75) is 39.8 Å². The Morgan fingerprint density at radius 3 is 2.61 bits per heavy atom. The number of fused-ring (bicyclic) bond motifs is 1. The standard InChI is InChI=1S/C23H28N6O2/c1-23(2)12-20(27-29(21(23)30)11-3-9-24)16-4-6-19(7-5-16)26-22(31)28-14-17-8-10-25-13-18(17)15-28/h4-8,10,13H,3,9,11-12,14-15,24H2,1-2H3,(H,26,31). The lowest BCUT2D eigenvalue weighted by Gasteiger charge is -2.34. The number of aromatic nitrogens is 1. The molecule has 0 spiro atoms. The Morgan fingerprint density at radius 1 is 1.16 bits per heavy atom. The first-order valence-corrected chi connectivity index (χ1v) is 10.5. The van der Waals surface area contributed by atoms with Gasteiger partial charge in [0.25, 0.3) is 0 Å². The maximum Gasteiger partial charge on any atom is 0.322 e. The highest BCUT2D eigenvalue weighted by atomic mass is 16.2. The Hall–Kier alpha value is -3.26. The molecule has 0 saturated heterocycles. The van der Waals surface area contributed by atoms with Crippen LogP contribution in [0.3, 0.4) is 0 Å². The lowest BCUT2D eigenvalue weighted by molar-refractivity contribution is -0.141. The average molecular weight is 421 g/mol. The quantitative estimate of drug-likeness (QED) is 0.776. The second-order valence-electron chi connectivity index (χ2n) is 8.69. The van der Waals surface area contributed by atoms with E-state index >= 15 is 0 Å². The van der Waals surface area contributed by atoms with E-state index in [9.17, 15) is 9.59 Å². The number of hydrazone groups is 1. The number of hydrogen-bond acceptors (Lipinski definition) is 5. The average Bonchev–Trinajstić information content (AvgIpc) is 3.20. The largest absolute Gasteiger partial charge is 0.330 e. The molecule has 0 aliphatic carbocycles. The fourth-order valence-electron chi connectivity index (χ4n) is 3.93. The molecule has 3 heterocycles. The van der Waals surface area contributed by atoms with Gasteiger partial charge in [0.05, 0.1) is 11.1 Å². The number of carbonyl (C=O) groups excluding carboxylic acids is 2. The Labute approximate surface area is 182 Å². The first kappa shape index (κ1) is 21.0. The maximum atomic E-state index is 12.7. The molecule has 0 unspecified atom stereocenters. The van der Waals surface area contributed by atoms with Gasteiger partial charge in [0.1, 0.15) is 0 Å². The van der Waals surface area contributed by atoms with Crippen molar-refractivity contribution in [3.8, 4) is 0 Å². The summed E-state index contributed by atoms with van der Waals surface area (Å²) in [5.74, 6) is 0.0235. The molecule has 1 aromatic heterocycles. The molecule has 2 aliphatic rings. The Bertz CT molecular complexity index is 990. The van der Waals surface area contributed by atoms with Gasteiger partial charge in [-0.05, 0) is 47.9 Å². The fraction of sp³-hybridized carbons (Fsp3) is 0.391. The van der Waals surface area contributed by atoms with E-state index in [1.54, 1.807) is 16.1 Å². The lowest BCUT2D eigenvalue weighted by atomic mass is 9.82. The first-order valence-electron chi connectivity index (χ1n) is 10.5. The number of benzene rings is 1. The van der Waals surface area contributed by atoms with E-state index in [0.29, 0.717) is 39.0 Å². The zero-order valence-corrected chi connectivity index (χ0v) is 18.0. The highest BCUT2D eigenvalue weighted by molar-refractivity contribution is 6.06. The van der Waals surface area contributed by atoms with Gasteiger partial charge in [-0.25, -0.2) is 9.80 Å². The van der Waals surface area contributed by atoms with E-state index in [1.807, 2.05) is 50.4 Å². The molecule has 3 N–H and O–H groups in total. The van der Waals surface area contributed by atoms with Crippen molar-refractivity contribution >= 4 is 23.3 Å². The summed E-state index contributed by atoms with van der Waals surface area (Å²) >= 11 is 0. The number of carbonyl (C=O) groups is 2. The minimum atomic E-state index is -0.516. The van der Waals surface area contributed by atoms with Gasteiger partial charge in [-0.15, -0.1) is 0 Å². The smallest absolute Gasteiger partial charge is 0.322 e. The van der Waals surface area contributed by atoms with E-state index in [2.05, 4.69) is 15.4 Å². The van der Waals surface area contributed by atoms with Crippen LogP contribution in [0.2, 0.25) is 0 Å². The summed E-state index contributed by atoms with van der Waals surface area (Å²) in [6.07, 6.45) is 4.83. The van der Waals surface area contributed by atoms with E-state index in [-0.39, 0.29) is 11.9 Å². The summed E-state index contributed by atoms with van der Waals surface area (Å²) in [4.78, 5) is 31.2. The van der Waals surface area contributed by atoms with Crippen molar-refractivity contribution in [3.05, 3.63) is 59.4 Å². The van der Waals surface area contributed by atoms with Gasteiger partial charge in [-0.2, -0.15) is 5.10 Å². The van der Waals surface area contributed by atoms with Crippen LogP contribution in [0.5, 0.6) is 0 Å². The van der Waals surface area contributed by atoms with E-state index in [0.717, 1.165) is 28.1 Å². The van der Waals surface area contributed by atoms with Gasteiger partial charge >= 0.3 is 6.03 Å². The summed E-state index contributed by atoms with van der Waals surface area (Å²) in [6, 6.07) is 9.42. The molecule has 162 valence electrons. The van der Waals surface area contributed by atoms with Crippen LogP contribution in [0.15, 0.2) is 47.8 Å². The number of hydrogen-bond donors (Lipinski definition) is 2. The molecule has 0 saturated carbocycles. The zero-order chi connectivity index (χ0) is 22.0. The van der Waals surface area contributed by atoms with Crippen LogP contribution in [0.4, 0.5) is 10.5 Å². The van der Waals surface area contributed by atoms with Crippen molar-refractivity contribution in [3.63, 3.8) is 0 Å². The molecule has 4 rings (SSSR count). The zero-order valence-electron chi connectivity index (χ0n) is 18.0. The monoisotopic (exact) mass is 420 g/mol. The molecule has 0 bridgehead atoms. The molecule has 2 aliphatic heterocycles. The van der Waals surface area contributed by atoms with Crippen molar-refractivity contribution < 1.29 is 9.59 Å². The Morgan fingerprint density at radius 2 is 1.90 bits per heavy atom. The minimum absolute atomic E-state index is 0.0235. The molecule has 0 fully saturated rings. The lowest BCUT2D eigenvalue weighted by Crippen LogP contribution is -2.44. The van der Waals surface area contributed by atoms with Crippen molar-refractivity contribution in [1.29, 1.82) is 0 Å². The number of nitrogens with two attached hydrogens (primary N) is 1. The number of anilines is 1. The van der Waals surface area contributed by atoms with Crippen molar-refractivity contribution in [2.24, 2.45) is 16.3 Å². The number of nitrogens with one attached hydrogen (secondary N) is 1. The van der Waals surface area contributed by atoms with Crippen LogP contribution in [0.25, 0.3) is 0 Å². The van der Waals surface area contributed by atoms with Crippen LogP contribution in [0.1, 0.15) is 43.4 Å². The van der Waals surface area contributed by atoms with Gasteiger partial charge in [0.15, 0.2) is 0 Å². The predicted octanol–water partition coefficient (Wildman–Crippen LogP) is 2.94. The molecule has 31 heavy (non-hydrogen) atoms. The van der Waals surface area contributed by atoms with Crippen LogP contribution < -0.4 is 11.1 Å². The molecule has 2 aromatic rings. The summed E-state index contributed by atoms with van der Waals surface area (Å²) in [5, 5.41) is 9.09. The number of pyridine rings is 1. The second kappa shape index (κ2) is 8.47. The predicted molar refractivity (Wildman–Crippen MR) is 119 cm³/mol. The van der Waals surface area contributed by atoms with Crippen molar-refractivity contribution in [2.75, 3.05) is 18.4 Å². The van der Waals surface area contributed by atoms with E-state index < -0.39 is 5.41 Å². The molecular formula is C23H28N6O2.